The van der Waals surface area contributed by atoms with Crippen molar-refractivity contribution in [1.82, 2.24) is 9.97 Å². The second kappa shape index (κ2) is 8.57. The van der Waals surface area contributed by atoms with Crippen LogP contribution in [0.5, 0.6) is 17.2 Å². The minimum atomic E-state index is 0.458. The van der Waals surface area contributed by atoms with E-state index < -0.39 is 0 Å². The third-order valence-corrected chi connectivity index (χ3v) is 4.56. The van der Waals surface area contributed by atoms with Gasteiger partial charge in [-0.05, 0) is 36.4 Å². The van der Waals surface area contributed by atoms with Gasteiger partial charge in [0.15, 0.2) is 0 Å². The molecule has 0 atom stereocenters. The molecule has 152 valence electrons. The SMILES string of the molecule is COc1ccc(Nc2nc(Nc3cc(OC)cc(OC)c3)nc3ccccc23)cc1. The maximum atomic E-state index is 5.34. The van der Waals surface area contributed by atoms with Crippen molar-refractivity contribution in [1.29, 1.82) is 0 Å². The second-order valence-electron chi connectivity index (χ2n) is 6.49. The van der Waals surface area contributed by atoms with Crippen LogP contribution in [0.2, 0.25) is 0 Å². The molecule has 7 heteroatoms. The first kappa shape index (κ1) is 19.3. The van der Waals surface area contributed by atoms with Crippen molar-refractivity contribution in [3.8, 4) is 17.2 Å². The number of para-hydroxylation sites is 1. The van der Waals surface area contributed by atoms with Crippen molar-refractivity contribution >= 4 is 34.0 Å². The summed E-state index contributed by atoms with van der Waals surface area (Å²) in [6, 6.07) is 21.0. The molecular weight excluding hydrogens is 380 g/mol. The molecule has 2 N–H and O–H groups in total. The molecule has 0 bridgehead atoms. The van der Waals surface area contributed by atoms with Gasteiger partial charge in [0.25, 0.3) is 0 Å². The minimum absolute atomic E-state index is 0.458. The van der Waals surface area contributed by atoms with E-state index in [1.165, 1.54) is 0 Å². The number of hydrogen-bond acceptors (Lipinski definition) is 7. The maximum absolute atomic E-state index is 5.34. The van der Waals surface area contributed by atoms with Crippen molar-refractivity contribution in [3.05, 3.63) is 66.7 Å². The maximum Gasteiger partial charge on any atom is 0.229 e. The molecule has 1 aromatic heterocycles. The normalized spacial score (nSPS) is 10.5. The molecule has 7 nitrogen and oxygen atoms in total. The van der Waals surface area contributed by atoms with Gasteiger partial charge in [-0.25, -0.2) is 4.98 Å². The standard InChI is InChI=1S/C23H22N4O3/c1-28-17-10-8-15(9-11-17)24-22-20-6-4-5-7-21(20)26-23(27-22)25-16-12-18(29-2)14-19(13-16)30-3/h4-14H,1-3H3,(H2,24,25,26,27). The van der Waals surface area contributed by atoms with Gasteiger partial charge in [-0.2, -0.15) is 4.98 Å². The van der Waals surface area contributed by atoms with E-state index in [0.717, 1.165) is 28.0 Å². The van der Waals surface area contributed by atoms with Crippen LogP contribution in [0.1, 0.15) is 0 Å². The summed E-state index contributed by atoms with van der Waals surface area (Å²) >= 11 is 0. The first-order valence-electron chi connectivity index (χ1n) is 9.36. The summed E-state index contributed by atoms with van der Waals surface area (Å²) in [5.41, 5.74) is 2.48. The van der Waals surface area contributed by atoms with Crippen LogP contribution in [0.4, 0.5) is 23.1 Å². The number of hydrogen-bond donors (Lipinski definition) is 2. The van der Waals surface area contributed by atoms with E-state index in [2.05, 4.69) is 15.6 Å². The second-order valence-corrected chi connectivity index (χ2v) is 6.49. The smallest absolute Gasteiger partial charge is 0.229 e. The van der Waals surface area contributed by atoms with Gasteiger partial charge in [0.2, 0.25) is 5.95 Å². The van der Waals surface area contributed by atoms with Crippen molar-refractivity contribution < 1.29 is 14.2 Å². The molecule has 0 aliphatic carbocycles. The van der Waals surface area contributed by atoms with E-state index in [1.807, 2.05) is 66.7 Å². The Morgan fingerprint density at radius 2 is 1.30 bits per heavy atom. The van der Waals surface area contributed by atoms with Gasteiger partial charge < -0.3 is 24.8 Å². The highest BCUT2D eigenvalue weighted by molar-refractivity contribution is 5.92. The molecule has 4 rings (SSSR count). The van der Waals surface area contributed by atoms with Crippen LogP contribution in [-0.2, 0) is 0 Å². The van der Waals surface area contributed by atoms with Gasteiger partial charge in [0.05, 0.1) is 26.8 Å². The highest BCUT2D eigenvalue weighted by Gasteiger charge is 2.10. The van der Waals surface area contributed by atoms with E-state index in [-0.39, 0.29) is 0 Å². The fraction of sp³-hybridized carbons (Fsp3) is 0.130. The zero-order valence-electron chi connectivity index (χ0n) is 17.0. The monoisotopic (exact) mass is 402 g/mol. The topological polar surface area (TPSA) is 77.5 Å². The van der Waals surface area contributed by atoms with Crippen LogP contribution >= 0.6 is 0 Å². The number of anilines is 4. The van der Waals surface area contributed by atoms with Crippen LogP contribution in [0.15, 0.2) is 66.7 Å². The highest BCUT2D eigenvalue weighted by atomic mass is 16.5. The Hall–Kier alpha value is -4.00. The lowest BCUT2D eigenvalue weighted by atomic mass is 10.2. The third-order valence-electron chi connectivity index (χ3n) is 4.56. The summed E-state index contributed by atoms with van der Waals surface area (Å²) < 4.78 is 15.9. The number of methoxy groups -OCH3 is 3. The number of benzene rings is 3. The zero-order valence-corrected chi connectivity index (χ0v) is 17.0. The van der Waals surface area contributed by atoms with E-state index in [4.69, 9.17) is 19.2 Å². The van der Waals surface area contributed by atoms with Gasteiger partial charge in [-0.15, -0.1) is 0 Å². The first-order valence-corrected chi connectivity index (χ1v) is 9.36. The number of rotatable bonds is 7. The van der Waals surface area contributed by atoms with Crippen molar-refractivity contribution in [3.63, 3.8) is 0 Å². The number of ether oxygens (including phenoxy) is 3. The van der Waals surface area contributed by atoms with Crippen LogP contribution in [0.25, 0.3) is 10.9 Å². The molecule has 30 heavy (non-hydrogen) atoms. The summed E-state index contributed by atoms with van der Waals surface area (Å²) in [4.78, 5) is 9.35. The average molecular weight is 402 g/mol. The molecule has 3 aromatic carbocycles. The van der Waals surface area contributed by atoms with E-state index in [0.29, 0.717) is 23.3 Å². The zero-order chi connectivity index (χ0) is 20.9. The molecule has 0 unspecified atom stereocenters. The van der Waals surface area contributed by atoms with E-state index >= 15 is 0 Å². The summed E-state index contributed by atoms with van der Waals surface area (Å²) in [5.74, 6) is 3.30. The third kappa shape index (κ3) is 4.20. The molecule has 0 amide bonds. The molecule has 0 spiro atoms. The van der Waals surface area contributed by atoms with Crippen molar-refractivity contribution in [2.75, 3.05) is 32.0 Å². The Labute approximate surface area is 174 Å². The Morgan fingerprint density at radius 1 is 0.633 bits per heavy atom. The predicted molar refractivity (Wildman–Crippen MR) is 119 cm³/mol. The highest BCUT2D eigenvalue weighted by Crippen LogP contribution is 2.30. The predicted octanol–water partition coefficient (Wildman–Crippen LogP) is 5.14. The van der Waals surface area contributed by atoms with Crippen LogP contribution in [0.3, 0.4) is 0 Å². The minimum Gasteiger partial charge on any atom is -0.497 e. The molecule has 0 saturated heterocycles. The Bertz CT molecular complexity index is 1140. The molecule has 0 radical (unpaired) electrons. The summed E-state index contributed by atoms with van der Waals surface area (Å²) in [6.45, 7) is 0. The number of aromatic nitrogens is 2. The summed E-state index contributed by atoms with van der Waals surface area (Å²) in [6.07, 6.45) is 0. The van der Waals surface area contributed by atoms with Gasteiger partial charge in [-0.3, -0.25) is 0 Å². The largest absolute Gasteiger partial charge is 0.497 e. The van der Waals surface area contributed by atoms with Crippen LogP contribution < -0.4 is 24.8 Å². The number of nitrogens with one attached hydrogen (secondary N) is 2. The van der Waals surface area contributed by atoms with Gasteiger partial charge >= 0.3 is 0 Å². The lowest BCUT2D eigenvalue weighted by Gasteiger charge is -2.13. The molecule has 1 heterocycles. The van der Waals surface area contributed by atoms with Gasteiger partial charge in [0.1, 0.15) is 23.1 Å². The Kier molecular flexibility index (Phi) is 5.52. The Morgan fingerprint density at radius 3 is 1.97 bits per heavy atom. The molecule has 0 fully saturated rings. The molecular formula is C23H22N4O3. The molecule has 0 aliphatic rings. The lowest BCUT2D eigenvalue weighted by molar-refractivity contribution is 0.395. The molecule has 0 aliphatic heterocycles. The fourth-order valence-corrected chi connectivity index (χ4v) is 3.05. The molecule has 0 saturated carbocycles. The summed E-state index contributed by atoms with van der Waals surface area (Å²) in [7, 11) is 4.87. The number of nitrogens with zero attached hydrogens (tertiary/aromatic N) is 2. The Balaban J connectivity index is 1.71. The molecule has 4 aromatic rings. The van der Waals surface area contributed by atoms with Crippen LogP contribution in [-0.4, -0.2) is 31.3 Å². The van der Waals surface area contributed by atoms with Gasteiger partial charge in [-0.1, -0.05) is 12.1 Å². The summed E-state index contributed by atoms with van der Waals surface area (Å²) in [5, 5.41) is 7.54. The number of fused-ring (bicyclic) bond motifs is 1. The lowest BCUT2D eigenvalue weighted by Crippen LogP contribution is -2.02. The van der Waals surface area contributed by atoms with Crippen molar-refractivity contribution in [2.24, 2.45) is 0 Å². The van der Waals surface area contributed by atoms with Gasteiger partial charge in [0, 0.05) is 35.0 Å². The van der Waals surface area contributed by atoms with Crippen molar-refractivity contribution in [2.45, 2.75) is 0 Å². The van der Waals surface area contributed by atoms with Crippen LogP contribution in [0, 0.1) is 0 Å². The first-order chi connectivity index (χ1) is 14.7. The van der Waals surface area contributed by atoms with E-state index in [9.17, 15) is 0 Å². The average Bonchev–Trinajstić information content (AvgIpc) is 2.79. The fourth-order valence-electron chi connectivity index (χ4n) is 3.05. The van der Waals surface area contributed by atoms with E-state index in [1.54, 1.807) is 21.3 Å². The quantitative estimate of drug-likeness (QED) is 0.443.